The molecule has 5 nitrogen and oxygen atoms in total. The topological polar surface area (TPSA) is 75.1 Å². The lowest BCUT2D eigenvalue weighted by Gasteiger charge is -2.14. The Balaban J connectivity index is 2.92. The predicted molar refractivity (Wildman–Crippen MR) is 76.2 cm³/mol. The number of hydrogen-bond donors (Lipinski definition) is 2. The van der Waals surface area contributed by atoms with Gasteiger partial charge in [0.2, 0.25) is 5.88 Å². The maximum Gasteiger partial charge on any atom is 0.335 e. The Morgan fingerprint density at radius 3 is 2.42 bits per heavy atom. The van der Waals surface area contributed by atoms with Gasteiger partial charge < -0.3 is 5.11 Å². The summed E-state index contributed by atoms with van der Waals surface area (Å²) in [4.78, 5) is 25.5. The molecule has 6 heteroatoms. The van der Waals surface area contributed by atoms with Gasteiger partial charge in [-0.2, -0.15) is 0 Å². The highest BCUT2D eigenvalue weighted by molar-refractivity contribution is 9.10. The number of hydrogen-bond acceptors (Lipinski definition) is 3. The average Bonchev–Trinajstić information content (AvgIpc) is 2.29. The monoisotopic (exact) mass is 324 g/mol. The molecule has 100 valence electrons. The first-order valence-electron chi connectivity index (χ1n) is 5.65. The first kappa shape index (κ1) is 13.6. The zero-order valence-corrected chi connectivity index (χ0v) is 12.3. The van der Waals surface area contributed by atoms with Crippen molar-refractivity contribution in [2.45, 2.75) is 20.8 Å². The van der Waals surface area contributed by atoms with Gasteiger partial charge in [0.1, 0.15) is 0 Å². The van der Waals surface area contributed by atoms with Crippen molar-refractivity contribution < 1.29 is 5.11 Å². The number of aromatic nitrogens is 2. The Kier molecular flexibility index (Phi) is 3.36. The maximum atomic E-state index is 11.9. The molecule has 0 aliphatic rings. The van der Waals surface area contributed by atoms with E-state index in [4.69, 9.17) is 0 Å². The molecule has 0 spiro atoms. The largest absolute Gasteiger partial charge is 0.494 e. The fraction of sp³-hybridized carbons (Fsp3) is 0.231. The highest BCUT2D eigenvalue weighted by Crippen LogP contribution is 2.28. The van der Waals surface area contributed by atoms with E-state index in [0.717, 1.165) is 15.7 Å². The van der Waals surface area contributed by atoms with Crippen LogP contribution < -0.4 is 11.2 Å². The van der Waals surface area contributed by atoms with Crippen molar-refractivity contribution in [3.05, 3.63) is 54.1 Å². The molecule has 0 unspecified atom stereocenters. The zero-order chi connectivity index (χ0) is 14.3. The molecule has 1 aromatic heterocycles. The summed E-state index contributed by atoms with van der Waals surface area (Å²) >= 11 is 3.38. The molecule has 0 fully saturated rings. The fourth-order valence-electron chi connectivity index (χ4n) is 2.01. The van der Waals surface area contributed by atoms with Crippen molar-refractivity contribution in [2.24, 2.45) is 0 Å². The molecule has 0 amide bonds. The molecule has 0 saturated carbocycles. The smallest absolute Gasteiger partial charge is 0.335 e. The second kappa shape index (κ2) is 4.70. The predicted octanol–water partition coefficient (Wildman–Crippen LogP) is 1.92. The van der Waals surface area contributed by atoms with Crippen LogP contribution in [0.25, 0.3) is 5.69 Å². The lowest BCUT2D eigenvalue weighted by molar-refractivity contribution is 0.425. The minimum Gasteiger partial charge on any atom is -0.494 e. The van der Waals surface area contributed by atoms with Gasteiger partial charge in [-0.3, -0.25) is 9.78 Å². The van der Waals surface area contributed by atoms with Gasteiger partial charge in [0.05, 0.1) is 11.3 Å². The summed E-state index contributed by atoms with van der Waals surface area (Å²) in [5.74, 6) is -0.346. The van der Waals surface area contributed by atoms with Gasteiger partial charge in [0.25, 0.3) is 5.56 Å². The van der Waals surface area contributed by atoms with Crippen LogP contribution in [0.5, 0.6) is 5.88 Å². The molecule has 0 radical (unpaired) electrons. The molecule has 2 rings (SSSR count). The van der Waals surface area contributed by atoms with Gasteiger partial charge in [0, 0.05) is 4.47 Å². The number of aromatic hydroxyl groups is 1. The molecule has 0 saturated heterocycles. The standard InChI is InChI=1S/C13H13BrN2O3/c1-6-4-7(2)10(9(14)5-6)16-12(18)8(3)11(17)15-13(16)19/h4-5,18H,1-3H3,(H,15,17,19). The van der Waals surface area contributed by atoms with E-state index in [1.165, 1.54) is 6.92 Å². The number of aryl methyl sites for hydroxylation is 2. The lowest BCUT2D eigenvalue weighted by atomic mass is 10.1. The second-order valence-corrected chi connectivity index (χ2v) is 5.31. The van der Waals surface area contributed by atoms with E-state index >= 15 is 0 Å². The molecule has 0 aliphatic carbocycles. The van der Waals surface area contributed by atoms with Gasteiger partial charge in [0.15, 0.2) is 0 Å². The zero-order valence-electron chi connectivity index (χ0n) is 10.7. The van der Waals surface area contributed by atoms with Crippen molar-refractivity contribution in [1.29, 1.82) is 0 Å². The quantitative estimate of drug-likeness (QED) is 0.841. The third-order valence-electron chi connectivity index (χ3n) is 2.93. The molecule has 0 atom stereocenters. The summed E-state index contributed by atoms with van der Waals surface area (Å²) in [6.07, 6.45) is 0. The van der Waals surface area contributed by atoms with Crippen LogP contribution in [-0.2, 0) is 0 Å². The Labute approximate surface area is 117 Å². The van der Waals surface area contributed by atoms with Gasteiger partial charge in [-0.15, -0.1) is 0 Å². The van der Waals surface area contributed by atoms with Crippen LogP contribution in [0, 0.1) is 20.8 Å². The summed E-state index contributed by atoms with van der Waals surface area (Å²) in [6.45, 7) is 5.23. The number of benzene rings is 1. The molecular weight excluding hydrogens is 312 g/mol. The first-order chi connectivity index (χ1) is 8.82. The Morgan fingerprint density at radius 2 is 1.84 bits per heavy atom. The van der Waals surface area contributed by atoms with Gasteiger partial charge in [-0.1, -0.05) is 6.07 Å². The van der Waals surface area contributed by atoms with Crippen molar-refractivity contribution in [3.63, 3.8) is 0 Å². The summed E-state index contributed by atoms with van der Waals surface area (Å²) in [6, 6.07) is 3.74. The highest BCUT2D eigenvalue weighted by Gasteiger charge is 2.16. The molecule has 0 bridgehead atoms. The number of rotatable bonds is 1. The van der Waals surface area contributed by atoms with Gasteiger partial charge >= 0.3 is 5.69 Å². The van der Waals surface area contributed by atoms with E-state index in [0.29, 0.717) is 10.2 Å². The SMILES string of the molecule is Cc1cc(C)c(-n2c(O)c(C)c(=O)[nH]c2=O)c(Br)c1. The summed E-state index contributed by atoms with van der Waals surface area (Å²) < 4.78 is 1.77. The number of nitrogens with zero attached hydrogens (tertiary/aromatic N) is 1. The van der Waals surface area contributed by atoms with Crippen molar-refractivity contribution in [2.75, 3.05) is 0 Å². The van der Waals surface area contributed by atoms with E-state index in [2.05, 4.69) is 20.9 Å². The minimum absolute atomic E-state index is 0.103. The molecule has 1 heterocycles. The van der Waals surface area contributed by atoms with Crippen molar-refractivity contribution in [3.8, 4) is 11.6 Å². The average molecular weight is 325 g/mol. The number of aromatic amines is 1. The lowest BCUT2D eigenvalue weighted by Crippen LogP contribution is -2.30. The summed E-state index contributed by atoms with van der Waals surface area (Å²) in [5.41, 5.74) is 1.22. The first-order valence-corrected chi connectivity index (χ1v) is 6.44. The third-order valence-corrected chi connectivity index (χ3v) is 3.54. The van der Waals surface area contributed by atoms with Crippen LogP contribution in [0.15, 0.2) is 26.2 Å². The highest BCUT2D eigenvalue weighted by atomic mass is 79.9. The van der Waals surface area contributed by atoms with Crippen molar-refractivity contribution >= 4 is 15.9 Å². The van der Waals surface area contributed by atoms with Crippen LogP contribution in [0.3, 0.4) is 0 Å². The van der Waals surface area contributed by atoms with E-state index in [1.54, 1.807) is 0 Å². The van der Waals surface area contributed by atoms with E-state index < -0.39 is 11.2 Å². The van der Waals surface area contributed by atoms with E-state index in [1.807, 2.05) is 26.0 Å². The van der Waals surface area contributed by atoms with Gasteiger partial charge in [-0.25, -0.2) is 9.36 Å². The van der Waals surface area contributed by atoms with Gasteiger partial charge in [-0.05, 0) is 53.9 Å². The maximum absolute atomic E-state index is 11.9. The summed E-state index contributed by atoms with van der Waals surface area (Å²) in [7, 11) is 0. The second-order valence-electron chi connectivity index (χ2n) is 4.46. The Bertz CT molecular complexity index is 751. The third kappa shape index (κ3) is 2.23. The molecule has 2 aromatic rings. The molecule has 1 aromatic carbocycles. The van der Waals surface area contributed by atoms with Crippen LogP contribution >= 0.6 is 15.9 Å². The number of H-pyrrole nitrogens is 1. The molecular formula is C13H13BrN2O3. The molecule has 19 heavy (non-hydrogen) atoms. The Morgan fingerprint density at radius 1 is 1.21 bits per heavy atom. The molecule has 2 N–H and O–H groups in total. The van der Waals surface area contributed by atoms with Crippen LogP contribution in [0.4, 0.5) is 0 Å². The molecule has 0 aliphatic heterocycles. The number of halogens is 1. The van der Waals surface area contributed by atoms with E-state index in [-0.39, 0.29) is 11.4 Å². The van der Waals surface area contributed by atoms with Crippen molar-refractivity contribution in [1.82, 2.24) is 9.55 Å². The Hall–Kier alpha value is -1.82. The van der Waals surface area contributed by atoms with Crippen LogP contribution in [-0.4, -0.2) is 14.7 Å². The normalized spacial score (nSPS) is 10.7. The number of nitrogens with one attached hydrogen (secondary N) is 1. The van der Waals surface area contributed by atoms with Crippen LogP contribution in [0.1, 0.15) is 16.7 Å². The minimum atomic E-state index is -0.666. The fourth-order valence-corrected chi connectivity index (χ4v) is 2.86. The van der Waals surface area contributed by atoms with Crippen LogP contribution in [0.2, 0.25) is 0 Å². The summed E-state index contributed by atoms with van der Waals surface area (Å²) in [5, 5.41) is 10.1. The van der Waals surface area contributed by atoms with E-state index in [9.17, 15) is 14.7 Å².